The second-order valence-electron chi connectivity index (χ2n) is 8.10. The van der Waals surface area contributed by atoms with Gasteiger partial charge in [0.15, 0.2) is 0 Å². The number of hydrogen-bond acceptors (Lipinski definition) is 2. The van der Waals surface area contributed by atoms with Crippen LogP contribution in [-0.4, -0.2) is 37.6 Å². The molecule has 2 nitrogen and oxygen atoms in total. The Balaban J connectivity index is 1.84. The van der Waals surface area contributed by atoms with Crippen molar-refractivity contribution in [2.75, 3.05) is 26.7 Å². The highest BCUT2D eigenvalue weighted by molar-refractivity contribution is 4.92. The van der Waals surface area contributed by atoms with Crippen molar-refractivity contribution in [3.05, 3.63) is 0 Å². The van der Waals surface area contributed by atoms with Gasteiger partial charge in [-0.15, -0.1) is 0 Å². The van der Waals surface area contributed by atoms with Crippen LogP contribution in [0.15, 0.2) is 0 Å². The normalized spacial score (nSPS) is 23.8. The third kappa shape index (κ3) is 4.55. The SMILES string of the molecule is CN(CC(C)(C)C)CC1(CNC2CC2)CCCC1. The summed E-state index contributed by atoms with van der Waals surface area (Å²) in [5.41, 5.74) is 0.987. The first-order chi connectivity index (χ1) is 8.39. The van der Waals surface area contributed by atoms with Gasteiger partial charge in [-0.05, 0) is 43.6 Å². The molecule has 2 aliphatic rings. The molecule has 0 heterocycles. The molecule has 2 rings (SSSR count). The van der Waals surface area contributed by atoms with Crippen LogP contribution >= 0.6 is 0 Å². The molecule has 0 aliphatic heterocycles. The minimum Gasteiger partial charge on any atom is -0.313 e. The van der Waals surface area contributed by atoms with E-state index in [0.29, 0.717) is 10.8 Å². The molecule has 0 aromatic rings. The highest BCUT2D eigenvalue weighted by Gasteiger charge is 2.36. The van der Waals surface area contributed by atoms with E-state index in [0.717, 1.165) is 6.04 Å². The summed E-state index contributed by atoms with van der Waals surface area (Å²) in [7, 11) is 2.31. The number of nitrogens with one attached hydrogen (secondary N) is 1. The van der Waals surface area contributed by atoms with E-state index < -0.39 is 0 Å². The predicted molar refractivity (Wildman–Crippen MR) is 78.9 cm³/mol. The Morgan fingerprint density at radius 3 is 2.28 bits per heavy atom. The van der Waals surface area contributed by atoms with E-state index in [-0.39, 0.29) is 0 Å². The van der Waals surface area contributed by atoms with Gasteiger partial charge in [0, 0.05) is 25.7 Å². The standard InChI is InChI=1S/C16H32N2/c1-15(2,3)12-18(4)13-16(9-5-6-10-16)11-17-14-7-8-14/h14,17H,5-13H2,1-4H3. The van der Waals surface area contributed by atoms with Gasteiger partial charge < -0.3 is 10.2 Å². The zero-order valence-electron chi connectivity index (χ0n) is 12.9. The Bertz CT molecular complexity index is 257. The molecule has 0 atom stereocenters. The van der Waals surface area contributed by atoms with Gasteiger partial charge >= 0.3 is 0 Å². The molecule has 2 heteroatoms. The molecule has 0 radical (unpaired) electrons. The van der Waals surface area contributed by atoms with E-state index >= 15 is 0 Å². The zero-order chi connectivity index (χ0) is 13.2. The van der Waals surface area contributed by atoms with Crippen molar-refractivity contribution in [2.24, 2.45) is 10.8 Å². The molecule has 0 bridgehead atoms. The van der Waals surface area contributed by atoms with Gasteiger partial charge in [-0.25, -0.2) is 0 Å². The summed E-state index contributed by atoms with van der Waals surface area (Å²) in [6, 6.07) is 0.857. The minimum atomic E-state index is 0.415. The van der Waals surface area contributed by atoms with Gasteiger partial charge in [-0.2, -0.15) is 0 Å². The second-order valence-corrected chi connectivity index (χ2v) is 8.10. The molecular weight excluding hydrogens is 220 g/mol. The summed E-state index contributed by atoms with van der Waals surface area (Å²) in [6.45, 7) is 10.8. The van der Waals surface area contributed by atoms with Crippen LogP contribution in [0.4, 0.5) is 0 Å². The highest BCUT2D eigenvalue weighted by Crippen LogP contribution is 2.39. The van der Waals surface area contributed by atoms with Crippen LogP contribution in [0.1, 0.15) is 59.3 Å². The van der Waals surface area contributed by atoms with Crippen molar-refractivity contribution < 1.29 is 0 Å². The molecule has 0 saturated heterocycles. The maximum Gasteiger partial charge on any atom is 0.00684 e. The Hall–Kier alpha value is -0.0800. The first-order valence-corrected chi connectivity index (χ1v) is 7.81. The van der Waals surface area contributed by atoms with Crippen molar-refractivity contribution in [3.8, 4) is 0 Å². The van der Waals surface area contributed by atoms with E-state index in [9.17, 15) is 0 Å². The summed E-state index contributed by atoms with van der Waals surface area (Å²) >= 11 is 0. The molecule has 0 spiro atoms. The van der Waals surface area contributed by atoms with E-state index in [1.807, 2.05) is 0 Å². The predicted octanol–water partition coefficient (Wildman–Crippen LogP) is 3.28. The third-order valence-corrected chi connectivity index (χ3v) is 4.36. The Morgan fingerprint density at radius 1 is 1.17 bits per heavy atom. The van der Waals surface area contributed by atoms with Crippen molar-refractivity contribution in [1.82, 2.24) is 10.2 Å². The van der Waals surface area contributed by atoms with Crippen molar-refractivity contribution in [2.45, 2.75) is 65.3 Å². The van der Waals surface area contributed by atoms with Gasteiger partial charge in [0.1, 0.15) is 0 Å². The van der Waals surface area contributed by atoms with Crippen LogP contribution in [0.3, 0.4) is 0 Å². The van der Waals surface area contributed by atoms with Crippen LogP contribution in [-0.2, 0) is 0 Å². The summed E-state index contributed by atoms with van der Waals surface area (Å²) in [5, 5.41) is 3.78. The van der Waals surface area contributed by atoms with E-state index in [1.165, 1.54) is 58.2 Å². The fraction of sp³-hybridized carbons (Fsp3) is 1.00. The van der Waals surface area contributed by atoms with E-state index in [4.69, 9.17) is 0 Å². The average molecular weight is 252 g/mol. The van der Waals surface area contributed by atoms with E-state index in [2.05, 4.69) is 38.0 Å². The maximum absolute atomic E-state index is 3.78. The van der Waals surface area contributed by atoms with Gasteiger partial charge in [0.25, 0.3) is 0 Å². The Kier molecular flexibility index (Phi) is 4.38. The van der Waals surface area contributed by atoms with Crippen molar-refractivity contribution in [3.63, 3.8) is 0 Å². The highest BCUT2D eigenvalue weighted by atomic mass is 15.1. The molecule has 0 aromatic carbocycles. The quantitative estimate of drug-likeness (QED) is 0.780. The molecule has 0 unspecified atom stereocenters. The Labute approximate surface area is 114 Å². The summed E-state index contributed by atoms with van der Waals surface area (Å²) < 4.78 is 0. The van der Waals surface area contributed by atoms with Crippen LogP contribution < -0.4 is 5.32 Å². The molecule has 2 saturated carbocycles. The fourth-order valence-corrected chi connectivity index (χ4v) is 3.60. The third-order valence-electron chi connectivity index (χ3n) is 4.36. The number of nitrogens with zero attached hydrogens (tertiary/aromatic N) is 1. The zero-order valence-corrected chi connectivity index (χ0v) is 12.9. The monoisotopic (exact) mass is 252 g/mol. The largest absolute Gasteiger partial charge is 0.313 e. The molecule has 1 N–H and O–H groups in total. The smallest absolute Gasteiger partial charge is 0.00684 e. The van der Waals surface area contributed by atoms with Crippen LogP contribution in [0.25, 0.3) is 0 Å². The lowest BCUT2D eigenvalue weighted by atomic mass is 9.84. The van der Waals surface area contributed by atoms with Crippen molar-refractivity contribution in [1.29, 1.82) is 0 Å². The molecule has 0 amide bonds. The lowest BCUT2D eigenvalue weighted by Gasteiger charge is -2.36. The van der Waals surface area contributed by atoms with Gasteiger partial charge in [-0.3, -0.25) is 0 Å². The Morgan fingerprint density at radius 2 is 1.78 bits per heavy atom. The second kappa shape index (κ2) is 5.50. The number of rotatable bonds is 6. The lowest BCUT2D eigenvalue weighted by Crippen LogP contribution is -2.44. The molecule has 0 aromatic heterocycles. The van der Waals surface area contributed by atoms with Crippen LogP contribution in [0.5, 0.6) is 0 Å². The van der Waals surface area contributed by atoms with Crippen molar-refractivity contribution >= 4 is 0 Å². The molecular formula is C16H32N2. The van der Waals surface area contributed by atoms with Crippen LogP contribution in [0, 0.1) is 10.8 Å². The first-order valence-electron chi connectivity index (χ1n) is 7.81. The topological polar surface area (TPSA) is 15.3 Å². The maximum atomic E-state index is 3.78. The molecule has 2 fully saturated rings. The van der Waals surface area contributed by atoms with Gasteiger partial charge in [0.2, 0.25) is 0 Å². The average Bonchev–Trinajstić information content (AvgIpc) is 2.95. The van der Waals surface area contributed by atoms with Crippen LogP contribution in [0.2, 0.25) is 0 Å². The first kappa shape index (κ1) is 14.3. The van der Waals surface area contributed by atoms with Gasteiger partial charge in [0.05, 0.1) is 0 Å². The summed E-state index contributed by atoms with van der Waals surface area (Å²) in [6.07, 6.45) is 8.57. The summed E-state index contributed by atoms with van der Waals surface area (Å²) in [4.78, 5) is 2.57. The fourth-order valence-electron chi connectivity index (χ4n) is 3.60. The molecule has 106 valence electrons. The number of hydrogen-bond donors (Lipinski definition) is 1. The molecule has 18 heavy (non-hydrogen) atoms. The lowest BCUT2D eigenvalue weighted by molar-refractivity contribution is 0.137. The molecule has 2 aliphatic carbocycles. The van der Waals surface area contributed by atoms with Gasteiger partial charge in [-0.1, -0.05) is 33.6 Å². The minimum absolute atomic E-state index is 0.415. The van der Waals surface area contributed by atoms with E-state index in [1.54, 1.807) is 0 Å². The summed E-state index contributed by atoms with van der Waals surface area (Å²) in [5.74, 6) is 0.